The van der Waals surface area contributed by atoms with E-state index in [1.807, 2.05) is 30.3 Å². The molecule has 0 atom stereocenters. The van der Waals surface area contributed by atoms with Crippen molar-refractivity contribution in [1.29, 1.82) is 10.5 Å². The minimum absolute atomic E-state index is 0.189. The number of nitrogens with zero attached hydrogens (tertiary/aromatic N) is 3. The Hall–Kier alpha value is -3.57. The van der Waals surface area contributed by atoms with E-state index in [1.165, 1.54) is 0 Å². The molecule has 0 radical (unpaired) electrons. The van der Waals surface area contributed by atoms with E-state index in [0.29, 0.717) is 22.4 Å². The van der Waals surface area contributed by atoms with Gasteiger partial charge in [-0.05, 0) is 30.3 Å². The molecule has 2 aromatic heterocycles. The van der Waals surface area contributed by atoms with Crippen LogP contribution in [0, 0.1) is 22.7 Å². The maximum absolute atomic E-state index is 9.31. The molecule has 0 aliphatic heterocycles. The molecular weight excluding hydrogens is 274 g/mol. The second-order valence-electron chi connectivity index (χ2n) is 4.70. The summed E-state index contributed by atoms with van der Waals surface area (Å²) in [4.78, 5) is 7.37. The van der Waals surface area contributed by atoms with Gasteiger partial charge < -0.3 is 10.7 Å². The average molecular weight is 285 g/mol. The van der Waals surface area contributed by atoms with E-state index >= 15 is 0 Å². The number of nitrogens with two attached hydrogens (primary N) is 1. The van der Waals surface area contributed by atoms with Gasteiger partial charge in [0, 0.05) is 23.0 Å². The summed E-state index contributed by atoms with van der Waals surface area (Å²) in [5, 5.41) is 18.2. The molecule has 0 aliphatic carbocycles. The van der Waals surface area contributed by atoms with Crippen LogP contribution in [0.2, 0.25) is 0 Å². The van der Waals surface area contributed by atoms with Crippen LogP contribution in [0.1, 0.15) is 11.1 Å². The van der Waals surface area contributed by atoms with Gasteiger partial charge in [-0.2, -0.15) is 10.5 Å². The summed E-state index contributed by atoms with van der Waals surface area (Å²) >= 11 is 0. The number of nitriles is 2. The molecule has 0 saturated carbocycles. The molecule has 3 N–H and O–H groups in total. The van der Waals surface area contributed by atoms with Gasteiger partial charge in [-0.15, -0.1) is 0 Å². The fraction of sp³-hybridized carbons (Fsp3) is 0. The molecule has 5 nitrogen and oxygen atoms in total. The van der Waals surface area contributed by atoms with Crippen molar-refractivity contribution in [2.24, 2.45) is 0 Å². The smallest absolute Gasteiger partial charge is 0.142 e. The number of anilines is 1. The van der Waals surface area contributed by atoms with Gasteiger partial charge in [0.15, 0.2) is 0 Å². The predicted octanol–water partition coefficient (Wildman–Crippen LogP) is 3.07. The normalized spacial score (nSPS) is 9.91. The first kappa shape index (κ1) is 13.4. The highest BCUT2D eigenvalue weighted by Gasteiger charge is 2.13. The zero-order chi connectivity index (χ0) is 15.5. The van der Waals surface area contributed by atoms with Crippen LogP contribution in [0.15, 0.2) is 48.7 Å². The SMILES string of the molecule is N#Cc1ccc(-c2cc(-c3ccc[nH]3)c(C#N)c(N)n2)cc1. The van der Waals surface area contributed by atoms with Gasteiger partial charge >= 0.3 is 0 Å². The standard InChI is InChI=1S/C17H11N5/c18-9-11-3-5-12(6-4-11)16-8-13(15-2-1-7-21-15)14(10-19)17(20)22-16/h1-8,21H,(H2,20,22). The second-order valence-corrected chi connectivity index (χ2v) is 4.70. The maximum atomic E-state index is 9.31. The molecule has 0 amide bonds. The fourth-order valence-corrected chi connectivity index (χ4v) is 2.26. The molecule has 104 valence electrons. The maximum Gasteiger partial charge on any atom is 0.142 e. The predicted molar refractivity (Wildman–Crippen MR) is 83.3 cm³/mol. The minimum Gasteiger partial charge on any atom is -0.383 e. The number of benzene rings is 1. The molecule has 0 fully saturated rings. The molecule has 22 heavy (non-hydrogen) atoms. The van der Waals surface area contributed by atoms with Crippen molar-refractivity contribution in [2.45, 2.75) is 0 Å². The number of H-pyrrole nitrogens is 1. The number of rotatable bonds is 2. The van der Waals surface area contributed by atoms with Crippen molar-refractivity contribution >= 4 is 5.82 Å². The van der Waals surface area contributed by atoms with E-state index in [2.05, 4.69) is 22.1 Å². The molecule has 0 aliphatic rings. The van der Waals surface area contributed by atoms with Crippen LogP contribution in [-0.4, -0.2) is 9.97 Å². The van der Waals surface area contributed by atoms with Crippen LogP contribution >= 0.6 is 0 Å². The van der Waals surface area contributed by atoms with E-state index in [0.717, 1.165) is 11.3 Å². The Balaban J connectivity index is 2.18. The first-order chi connectivity index (χ1) is 10.7. The third-order valence-corrected chi connectivity index (χ3v) is 3.36. The number of nitrogens with one attached hydrogen (secondary N) is 1. The molecule has 3 rings (SSSR count). The van der Waals surface area contributed by atoms with Crippen molar-refractivity contribution in [3.05, 3.63) is 59.8 Å². The summed E-state index contributed by atoms with van der Waals surface area (Å²) in [7, 11) is 0. The highest BCUT2D eigenvalue weighted by atomic mass is 14.9. The molecule has 0 spiro atoms. The van der Waals surface area contributed by atoms with Gasteiger partial charge in [-0.3, -0.25) is 0 Å². The molecule has 3 aromatic rings. The summed E-state index contributed by atoms with van der Waals surface area (Å²) in [6, 6.07) is 16.8. The second kappa shape index (κ2) is 5.43. The third-order valence-electron chi connectivity index (χ3n) is 3.36. The first-order valence-electron chi connectivity index (χ1n) is 6.58. The number of aromatic amines is 1. The number of nitrogen functional groups attached to an aromatic ring is 1. The highest BCUT2D eigenvalue weighted by Crippen LogP contribution is 2.30. The summed E-state index contributed by atoms with van der Waals surface area (Å²) in [5.74, 6) is 0.189. The van der Waals surface area contributed by atoms with Crippen molar-refractivity contribution in [3.8, 4) is 34.7 Å². The Bertz CT molecular complexity index is 894. The average Bonchev–Trinajstić information content (AvgIpc) is 3.08. The zero-order valence-corrected chi connectivity index (χ0v) is 11.5. The summed E-state index contributed by atoms with van der Waals surface area (Å²) in [6.07, 6.45) is 1.79. The van der Waals surface area contributed by atoms with E-state index in [1.54, 1.807) is 18.3 Å². The van der Waals surface area contributed by atoms with Gasteiger partial charge in [-0.1, -0.05) is 12.1 Å². The lowest BCUT2D eigenvalue weighted by molar-refractivity contribution is 1.29. The van der Waals surface area contributed by atoms with Crippen molar-refractivity contribution in [2.75, 3.05) is 5.73 Å². The van der Waals surface area contributed by atoms with Crippen LogP contribution in [0.4, 0.5) is 5.82 Å². The van der Waals surface area contributed by atoms with Gasteiger partial charge in [0.05, 0.1) is 17.3 Å². The van der Waals surface area contributed by atoms with E-state index < -0.39 is 0 Å². The quantitative estimate of drug-likeness (QED) is 0.755. The van der Waals surface area contributed by atoms with Crippen LogP contribution in [0.3, 0.4) is 0 Å². The summed E-state index contributed by atoms with van der Waals surface area (Å²) in [5.41, 5.74) is 9.87. The molecular formula is C17H11N5. The third kappa shape index (κ3) is 2.28. The lowest BCUT2D eigenvalue weighted by Crippen LogP contribution is -1.99. The number of aromatic nitrogens is 2. The Labute approximate surface area is 127 Å². The molecule has 0 bridgehead atoms. The topological polar surface area (TPSA) is 102 Å². The van der Waals surface area contributed by atoms with Gasteiger partial charge in [0.25, 0.3) is 0 Å². The van der Waals surface area contributed by atoms with E-state index in [9.17, 15) is 5.26 Å². The highest BCUT2D eigenvalue weighted by molar-refractivity contribution is 5.78. The lowest BCUT2D eigenvalue weighted by Gasteiger charge is -2.09. The Morgan fingerprint density at radius 3 is 2.41 bits per heavy atom. The first-order valence-corrected chi connectivity index (χ1v) is 6.58. The van der Waals surface area contributed by atoms with Gasteiger partial charge in [-0.25, -0.2) is 4.98 Å². The monoisotopic (exact) mass is 285 g/mol. The van der Waals surface area contributed by atoms with E-state index in [4.69, 9.17) is 11.0 Å². The fourth-order valence-electron chi connectivity index (χ4n) is 2.26. The Morgan fingerprint density at radius 2 is 1.82 bits per heavy atom. The van der Waals surface area contributed by atoms with Crippen LogP contribution in [0.5, 0.6) is 0 Å². The van der Waals surface area contributed by atoms with Crippen molar-refractivity contribution < 1.29 is 0 Å². The number of hydrogen-bond donors (Lipinski definition) is 2. The Kier molecular flexibility index (Phi) is 3.31. The summed E-state index contributed by atoms with van der Waals surface area (Å²) in [6.45, 7) is 0. The molecule has 0 unspecified atom stereocenters. The molecule has 1 aromatic carbocycles. The van der Waals surface area contributed by atoms with Crippen molar-refractivity contribution in [3.63, 3.8) is 0 Å². The van der Waals surface area contributed by atoms with Crippen LogP contribution < -0.4 is 5.73 Å². The lowest BCUT2D eigenvalue weighted by atomic mass is 10.0. The van der Waals surface area contributed by atoms with E-state index in [-0.39, 0.29) is 5.82 Å². The zero-order valence-electron chi connectivity index (χ0n) is 11.5. The summed E-state index contributed by atoms with van der Waals surface area (Å²) < 4.78 is 0. The Morgan fingerprint density at radius 1 is 1.05 bits per heavy atom. The van der Waals surface area contributed by atoms with Crippen LogP contribution in [-0.2, 0) is 0 Å². The minimum atomic E-state index is 0.189. The molecule has 0 saturated heterocycles. The van der Waals surface area contributed by atoms with Gasteiger partial charge in [0.1, 0.15) is 17.5 Å². The molecule has 5 heteroatoms. The van der Waals surface area contributed by atoms with Gasteiger partial charge in [0.2, 0.25) is 0 Å². The number of hydrogen-bond acceptors (Lipinski definition) is 4. The van der Waals surface area contributed by atoms with Crippen molar-refractivity contribution in [1.82, 2.24) is 9.97 Å². The molecule has 2 heterocycles. The number of pyridine rings is 1. The largest absolute Gasteiger partial charge is 0.383 e. The van der Waals surface area contributed by atoms with Crippen LogP contribution in [0.25, 0.3) is 22.5 Å².